The molecule has 0 atom stereocenters. The van der Waals surface area contributed by atoms with E-state index in [1.165, 1.54) is 18.3 Å². The Kier molecular flexibility index (Phi) is 8.56. The van der Waals surface area contributed by atoms with E-state index in [0.29, 0.717) is 23.9 Å². The third-order valence-electron chi connectivity index (χ3n) is 7.47. The number of aromatic nitrogens is 3. The number of hydrogen-bond acceptors (Lipinski definition) is 8. The Balaban J connectivity index is 1.34. The van der Waals surface area contributed by atoms with Gasteiger partial charge in [-0.05, 0) is 49.4 Å². The van der Waals surface area contributed by atoms with Gasteiger partial charge in [-0.1, -0.05) is 20.8 Å². The second-order valence-electron chi connectivity index (χ2n) is 11.5. The molecule has 9 nitrogen and oxygen atoms in total. The van der Waals surface area contributed by atoms with Crippen molar-refractivity contribution in [3.05, 3.63) is 42.4 Å². The zero-order valence-electron chi connectivity index (χ0n) is 23.3. The molecule has 0 amide bonds. The van der Waals surface area contributed by atoms with E-state index < -0.39 is 9.84 Å². The summed E-state index contributed by atoms with van der Waals surface area (Å²) in [5.41, 5.74) is 1.48. The zero-order valence-corrected chi connectivity index (χ0v) is 24.1. The smallest absolute Gasteiger partial charge is 0.214 e. The minimum Gasteiger partial charge on any atom is -0.478 e. The second kappa shape index (κ2) is 11.9. The van der Waals surface area contributed by atoms with Crippen LogP contribution in [-0.4, -0.2) is 80.5 Å². The van der Waals surface area contributed by atoms with Crippen LogP contribution in [0.25, 0.3) is 11.0 Å². The molecule has 0 bridgehead atoms. The number of sulfone groups is 1. The fraction of sp³-hybridized carbons (Fsp3) is 0.586. The highest BCUT2D eigenvalue weighted by Crippen LogP contribution is 2.32. The third-order valence-corrected chi connectivity index (χ3v) is 9.22. The highest BCUT2D eigenvalue weighted by atomic mass is 32.2. The van der Waals surface area contributed by atoms with Gasteiger partial charge in [-0.15, -0.1) is 0 Å². The van der Waals surface area contributed by atoms with Crippen molar-refractivity contribution < 1.29 is 22.6 Å². The predicted molar refractivity (Wildman–Crippen MR) is 149 cm³/mol. The molecule has 0 spiro atoms. The van der Waals surface area contributed by atoms with Gasteiger partial charge >= 0.3 is 0 Å². The zero-order chi connectivity index (χ0) is 27.5. The maximum absolute atomic E-state index is 13.6. The second-order valence-corrected chi connectivity index (χ2v) is 13.4. The highest BCUT2D eigenvalue weighted by molar-refractivity contribution is 7.91. The maximum Gasteiger partial charge on any atom is 0.214 e. The first-order chi connectivity index (χ1) is 18.7. The summed E-state index contributed by atoms with van der Waals surface area (Å²) in [6.07, 6.45) is 4.37. The van der Waals surface area contributed by atoms with Crippen molar-refractivity contribution >= 4 is 20.9 Å². The lowest BCUT2D eigenvalue weighted by Crippen LogP contribution is -2.37. The Labute approximate surface area is 231 Å². The van der Waals surface area contributed by atoms with Gasteiger partial charge in [-0.3, -0.25) is 4.90 Å². The summed E-state index contributed by atoms with van der Waals surface area (Å²) in [5.74, 6) is 1.80. The average molecular weight is 557 g/mol. The molecule has 1 aromatic carbocycles. The summed E-state index contributed by atoms with van der Waals surface area (Å²) in [6.45, 7) is 13.6. The highest BCUT2D eigenvalue weighted by Gasteiger charge is 2.27. The van der Waals surface area contributed by atoms with E-state index in [-0.39, 0.29) is 15.2 Å². The number of hydrogen-bond donors (Lipinski definition) is 0. The van der Waals surface area contributed by atoms with Gasteiger partial charge in [0.2, 0.25) is 15.7 Å². The Morgan fingerprint density at radius 2 is 1.72 bits per heavy atom. The Bertz CT molecular complexity index is 1370. The molecule has 2 aliphatic rings. The van der Waals surface area contributed by atoms with Crippen LogP contribution in [0.1, 0.15) is 45.9 Å². The molecule has 4 heterocycles. The molecule has 2 aromatic heterocycles. The van der Waals surface area contributed by atoms with Crippen LogP contribution in [-0.2, 0) is 31.3 Å². The molecule has 0 radical (unpaired) electrons. The van der Waals surface area contributed by atoms with Gasteiger partial charge in [0.25, 0.3) is 0 Å². The van der Waals surface area contributed by atoms with Crippen LogP contribution in [0.3, 0.4) is 0 Å². The molecular weight excluding hydrogens is 516 g/mol. The van der Waals surface area contributed by atoms with Crippen molar-refractivity contribution in [3.63, 3.8) is 0 Å². The van der Waals surface area contributed by atoms with E-state index in [4.69, 9.17) is 19.2 Å². The topological polar surface area (TPSA) is 95.8 Å². The lowest BCUT2D eigenvalue weighted by atomic mass is 9.94. The molecular formula is C29H40N4O5S. The van der Waals surface area contributed by atoms with Crippen molar-refractivity contribution in [2.24, 2.45) is 5.92 Å². The number of fused-ring (bicyclic) bond motifs is 1. The molecule has 2 saturated heterocycles. The van der Waals surface area contributed by atoms with Crippen molar-refractivity contribution in [1.29, 1.82) is 0 Å². The van der Waals surface area contributed by atoms with Crippen molar-refractivity contribution in [1.82, 2.24) is 19.4 Å². The number of nitrogens with zero attached hydrogens (tertiary/aromatic N) is 4. The van der Waals surface area contributed by atoms with E-state index in [2.05, 4.69) is 35.2 Å². The van der Waals surface area contributed by atoms with Crippen LogP contribution in [0.5, 0.6) is 5.88 Å². The van der Waals surface area contributed by atoms with Crippen LogP contribution in [0.15, 0.2) is 46.3 Å². The first-order valence-electron chi connectivity index (χ1n) is 13.9. The van der Waals surface area contributed by atoms with Gasteiger partial charge in [0, 0.05) is 57.1 Å². The SMILES string of the molecule is CC(C)(C)c1nc2cc(S(=O)(=O)c3ccnc(OCCCN4CCOCC4)c3)ccc2n1CC1CCOCC1. The Hall–Kier alpha value is -2.53. The van der Waals surface area contributed by atoms with Crippen LogP contribution in [0.4, 0.5) is 0 Å². The standard InChI is InChI=1S/C29H40N4O5S/c1-29(2,3)28-31-25-19-23(5-6-26(25)33(28)21-22-8-15-36-16-9-22)39(34,35)24-7-10-30-27(20-24)38-14-4-11-32-12-17-37-18-13-32/h5-7,10,19-20,22H,4,8-9,11-18,21H2,1-3H3. The molecule has 0 N–H and O–H groups in total. The first-order valence-corrected chi connectivity index (χ1v) is 15.4. The molecule has 10 heteroatoms. The van der Waals surface area contributed by atoms with Crippen molar-refractivity contribution in [3.8, 4) is 5.88 Å². The molecule has 0 unspecified atom stereocenters. The normalized spacial score (nSPS) is 18.0. The van der Waals surface area contributed by atoms with Gasteiger partial charge in [0.1, 0.15) is 5.82 Å². The fourth-order valence-corrected chi connectivity index (χ4v) is 6.57. The van der Waals surface area contributed by atoms with Crippen LogP contribution >= 0.6 is 0 Å². The number of imidazole rings is 1. The van der Waals surface area contributed by atoms with E-state index in [1.54, 1.807) is 12.1 Å². The largest absolute Gasteiger partial charge is 0.478 e. The number of benzene rings is 1. The molecule has 0 saturated carbocycles. The molecule has 5 rings (SSSR count). The summed E-state index contributed by atoms with van der Waals surface area (Å²) >= 11 is 0. The van der Waals surface area contributed by atoms with Crippen molar-refractivity contribution in [2.45, 2.75) is 61.8 Å². The van der Waals surface area contributed by atoms with E-state index in [0.717, 1.165) is 83.2 Å². The molecule has 3 aromatic rings. The molecule has 0 aliphatic carbocycles. The molecule has 2 fully saturated rings. The Morgan fingerprint density at radius 3 is 2.46 bits per heavy atom. The lowest BCUT2D eigenvalue weighted by molar-refractivity contribution is 0.0357. The number of rotatable bonds is 9. The lowest BCUT2D eigenvalue weighted by Gasteiger charge is -2.26. The third kappa shape index (κ3) is 6.62. The monoisotopic (exact) mass is 556 g/mol. The summed E-state index contributed by atoms with van der Waals surface area (Å²) in [7, 11) is -3.77. The van der Waals surface area contributed by atoms with E-state index in [1.807, 2.05) is 6.07 Å². The van der Waals surface area contributed by atoms with E-state index >= 15 is 0 Å². The molecule has 212 valence electrons. The summed E-state index contributed by atoms with van der Waals surface area (Å²) in [5, 5.41) is 0. The quantitative estimate of drug-likeness (QED) is 0.364. The van der Waals surface area contributed by atoms with Gasteiger partial charge in [0.05, 0.1) is 40.6 Å². The molecule has 2 aliphatic heterocycles. The summed E-state index contributed by atoms with van der Waals surface area (Å²) < 4.78 is 46.3. The van der Waals surface area contributed by atoms with Gasteiger partial charge < -0.3 is 18.8 Å². The minimum absolute atomic E-state index is 0.165. The van der Waals surface area contributed by atoms with Gasteiger partial charge in [0.15, 0.2) is 0 Å². The van der Waals surface area contributed by atoms with Crippen LogP contribution < -0.4 is 4.74 Å². The number of pyridine rings is 1. The molecule has 39 heavy (non-hydrogen) atoms. The number of morpholine rings is 1. The van der Waals surface area contributed by atoms with Crippen LogP contribution in [0, 0.1) is 5.92 Å². The first kappa shape index (κ1) is 28.0. The maximum atomic E-state index is 13.6. The fourth-order valence-electron chi connectivity index (χ4n) is 5.28. The summed E-state index contributed by atoms with van der Waals surface area (Å²) in [6, 6.07) is 8.32. The predicted octanol–water partition coefficient (Wildman–Crippen LogP) is 4.09. The van der Waals surface area contributed by atoms with Crippen molar-refractivity contribution in [2.75, 3.05) is 52.7 Å². The average Bonchev–Trinajstić information content (AvgIpc) is 3.31. The van der Waals surface area contributed by atoms with Crippen LogP contribution in [0.2, 0.25) is 0 Å². The summed E-state index contributed by atoms with van der Waals surface area (Å²) in [4.78, 5) is 11.9. The minimum atomic E-state index is -3.77. The van der Waals surface area contributed by atoms with Gasteiger partial charge in [-0.2, -0.15) is 0 Å². The Morgan fingerprint density at radius 1 is 1.00 bits per heavy atom. The van der Waals surface area contributed by atoms with Gasteiger partial charge in [-0.25, -0.2) is 18.4 Å². The van der Waals surface area contributed by atoms with E-state index in [9.17, 15) is 8.42 Å². The number of ether oxygens (including phenoxy) is 3.